The highest BCUT2D eigenvalue weighted by Crippen LogP contribution is 2.48. The largest absolute Gasteiger partial charge is 0.493 e. The summed E-state index contributed by atoms with van der Waals surface area (Å²) in [5, 5.41) is 1.47. The molecular formula is C19H25N3O4. The van der Waals surface area contributed by atoms with E-state index >= 15 is 0 Å². The lowest BCUT2D eigenvalue weighted by Gasteiger charge is -2.25. The number of nitrogens with zero attached hydrogens (tertiary/aromatic N) is 1. The van der Waals surface area contributed by atoms with Crippen molar-refractivity contribution in [1.82, 2.24) is 0 Å². The van der Waals surface area contributed by atoms with Crippen LogP contribution < -0.4 is 35.5 Å². The Hall–Kier alpha value is -3.06. The summed E-state index contributed by atoms with van der Waals surface area (Å²) in [5.74, 6) is 8.04. The van der Waals surface area contributed by atoms with Crippen LogP contribution in [0.5, 0.6) is 23.0 Å². The topological polar surface area (TPSA) is 92.2 Å². The molecule has 0 radical (unpaired) electrons. The van der Waals surface area contributed by atoms with Crippen LogP contribution in [0.25, 0.3) is 5.70 Å². The van der Waals surface area contributed by atoms with E-state index in [-0.39, 0.29) is 0 Å². The molecule has 0 saturated carbocycles. The van der Waals surface area contributed by atoms with Crippen LogP contribution in [0.15, 0.2) is 36.5 Å². The Morgan fingerprint density at radius 3 is 1.92 bits per heavy atom. The fourth-order valence-corrected chi connectivity index (χ4v) is 2.67. The van der Waals surface area contributed by atoms with Crippen LogP contribution in [-0.2, 0) is 0 Å². The zero-order valence-corrected chi connectivity index (χ0v) is 15.7. The number of nitrogens with two attached hydrogens (primary N) is 2. The van der Waals surface area contributed by atoms with E-state index in [1.165, 1.54) is 32.5 Å². The highest BCUT2D eigenvalue weighted by molar-refractivity contribution is 5.84. The summed E-state index contributed by atoms with van der Waals surface area (Å²) in [7, 11) is 6.13. The van der Waals surface area contributed by atoms with Crippen LogP contribution >= 0.6 is 0 Å². The predicted molar refractivity (Wildman–Crippen MR) is 103 cm³/mol. The summed E-state index contributed by atoms with van der Waals surface area (Å²) in [6.45, 7) is 2.01. The third-order valence-corrected chi connectivity index (χ3v) is 3.99. The van der Waals surface area contributed by atoms with Crippen molar-refractivity contribution in [1.29, 1.82) is 0 Å². The summed E-state index contributed by atoms with van der Waals surface area (Å²) in [4.78, 5) is 0. The number of ether oxygens (including phenoxy) is 4. The van der Waals surface area contributed by atoms with Gasteiger partial charge in [-0.3, -0.25) is 5.01 Å². The molecule has 0 aliphatic heterocycles. The minimum Gasteiger partial charge on any atom is -0.493 e. The van der Waals surface area contributed by atoms with Crippen LogP contribution in [0.2, 0.25) is 0 Å². The molecule has 0 spiro atoms. The van der Waals surface area contributed by atoms with Gasteiger partial charge in [-0.1, -0.05) is 17.7 Å². The maximum atomic E-state index is 6.33. The van der Waals surface area contributed by atoms with E-state index in [1.54, 1.807) is 13.2 Å². The first-order valence-electron chi connectivity index (χ1n) is 7.93. The van der Waals surface area contributed by atoms with E-state index in [0.717, 1.165) is 11.3 Å². The van der Waals surface area contributed by atoms with E-state index < -0.39 is 0 Å². The van der Waals surface area contributed by atoms with E-state index in [4.69, 9.17) is 30.5 Å². The molecule has 0 fully saturated rings. The van der Waals surface area contributed by atoms with Crippen molar-refractivity contribution < 1.29 is 18.9 Å². The highest BCUT2D eigenvalue weighted by atomic mass is 16.5. The lowest BCUT2D eigenvalue weighted by molar-refractivity contribution is 0.305. The lowest BCUT2D eigenvalue weighted by atomic mass is 10.1. The Morgan fingerprint density at radius 2 is 1.46 bits per heavy atom. The monoisotopic (exact) mass is 359 g/mol. The van der Waals surface area contributed by atoms with Gasteiger partial charge in [-0.25, -0.2) is 5.84 Å². The molecule has 7 heteroatoms. The van der Waals surface area contributed by atoms with Gasteiger partial charge in [0.15, 0.2) is 11.5 Å². The van der Waals surface area contributed by atoms with Crippen molar-refractivity contribution in [3.05, 3.63) is 47.7 Å². The molecule has 0 aromatic heterocycles. The van der Waals surface area contributed by atoms with Gasteiger partial charge in [0, 0.05) is 6.20 Å². The van der Waals surface area contributed by atoms with Gasteiger partial charge in [-0.2, -0.15) is 0 Å². The number of rotatable bonds is 7. The first-order valence-corrected chi connectivity index (χ1v) is 7.93. The standard InChI is InChI=1S/C19H25N3O4/c1-12-6-8-13(9-7-12)22(21)15(11-20)14-10-16(23-2)18(25-4)19(26-5)17(14)24-3/h6-11H,20-21H2,1-5H3/b15-11-. The van der Waals surface area contributed by atoms with Crippen molar-refractivity contribution >= 4 is 11.4 Å². The lowest BCUT2D eigenvalue weighted by Crippen LogP contribution is -2.30. The number of aryl methyl sites for hydroxylation is 1. The molecule has 7 nitrogen and oxygen atoms in total. The molecule has 0 aliphatic rings. The molecule has 2 aromatic rings. The van der Waals surface area contributed by atoms with Crippen molar-refractivity contribution in [2.75, 3.05) is 33.4 Å². The molecule has 0 unspecified atom stereocenters. The number of benzene rings is 2. The quantitative estimate of drug-likeness (QED) is 0.580. The van der Waals surface area contributed by atoms with Crippen molar-refractivity contribution in [2.24, 2.45) is 11.6 Å². The average Bonchev–Trinajstić information content (AvgIpc) is 2.67. The zero-order chi connectivity index (χ0) is 19.3. The molecule has 0 amide bonds. The fraction of sp³-hybridized carbons (Fsp3) is 0.263. The summed E-state index contributed by atoms with van der Waals surface area (Å²) >= 11 is 0. The molecule has 4 N–H and O–H groups in total. The molecular weight excluding hydrogens is 334 g/mol. The first kappa shape index (κ1) is 19.3. The molecule has 0 atom stereocenters. The second kappa shape index (κ2) is 8.35. The van der Waals surface area contributed by atoms with E-state index in [9.17, 15) is 0 Å². The van der Waals surface area contributed by atoms with Crippen molar-refractivity contribution in [3.63, 3.8) is 0 Å². The highest BCUT2D eigenvalue weighted by Gasteiger charge is 2.25. The Labute approximate surface area is 153 Å². The summed E-state index contributed by atoms with van der Waals surface area (Å²) in [6, 6.07) is 9.49. The van der Waals surface area contributed by atoms with Gasteiger partial charge >= 0.3 is 0 Å². The minimum atomic E-state index is 0.390. The van der Waals surface area contributed by atoms with Crippen LogP contribution in [0.1, 0.15) is 11.1 Å². The number of hydrazine groups is 1. The summed E-state index contributed by atoms with van der Waals surface area (Å²) in [5.41, 5.74) is 8.92. The maximum absolute atomic E-state index is 6.33. The molecule has 0 bridgehead atoms. The SMILES string of the molecule is COc1cc(/C(=C/N)N(N)c2ccc(C)cc2)c(OC)c(OC)c1OC. The van der Waals surface area contributed by atoms with Crippen LogP contribution in [-0.4, -0.2) is 28.4 Å². The van der Waals surface area contributed by atoms with Gasteiger partial charge in [-0.15, -0.1) is 0 Å². The molecule has 0 saturated heterocycles. The summed E-state index contributed by atoms with van der Waals surface area (Å²) < 4.78 is 21.9. The number of methoxy groups -OCH3 is 4. The van der Waals surface area contributed by atoms with Crippen LogP contribution in [0.4, 0.5) is 5.69 Å². The van der Waals surface area contributed by atoms with Gasteiger partial charge in [0.1, 0.15) is 0 Å². The van der Waals surface area contributed by atoms with E-state index in [0.29, 0.717) is 34.3 Å². The molecule has 0 heterocycles. The van der Waals surface area contributed by atoms with Gasteiger partial charge in [0.05, 0.1) is 45.4 Å². The minimum absolute atomic E-state index is 0.390. The van der Waals surface area contributed by atoms with Gasteiger partial charge in [0.2, 0.25) is 11.5 Å². The smallest absolute Gasteiger partial charge is 0.207 e. The predicted octanol–water partition coefficient (Wildman–Crippen LogP) is 2.67. The number of hydrogen-bond acceptors (Lipinski definition) is 7. The van der Waals surface area contributed by atoms with Gasteiger partial charge in [-0.05, 0) is 25.1 Å². The Kier molecular flexibility index (Phi) is 6.19. The van der Waals surface area contributed by atoms with E-state index in [1.807, 2.05) is 31.2 Å². The molecule has 2 aromatic carbocycles. The number of hydrogen-bond donors (Lipinski definition) is 2. The van der Waals surface area contributed by atoms with Crippen LogP contribution in [0.3, 0.4) is 0 Å². The second-order valence-electron chi connectivity index (χ2n) is 5.48. The van der Waals surface area contributed by atoms with E-state index in [2.05, 4.69) is 0 Å². The van der Waals surface area contributed by atoms with Crippen molar-refractivity contribution in [3.8, 4) is 23.0 Å². The zero-order valence-electron chi connectivity index (χ0n) is 15.7. The number of anilines is 1. The molecule has 140 valence electrons. The maximum Gasteiger partial charge on any atom is 0.207 e. The third kappa shape index (κ3) is 3.48. The summed E-state index contributed by atoms with van der Waals surface area (Å²) in [6.07, 6.45) is 1.41. The first-order chi connectivity index (χ1) is 12.5. The second-order valence-corrected chi connectivity index (χ2v) is 5.48. The Bertz CT molecular complexity index is 788. The van der Waals surface area contributed by atoms with Crippen molar-refractivity contribution in [2.45, 2.75) is 6.92 Å². The van der Waals surface area contributed by atoms with Gasteiger partial charge in [0.25, 0.3) is 0 Å². The third-order valence-electron chi connectivity index (χ3n) is 3.99. The molecule has 0 aliphatic carbocycles. The average molecular weight is 359 g/mol. The Balaban J connectivity index is 2.65. The fourth-order valence-electron chi connectivity index (χ4n) is 2.67. The van der Waals surface area contributed by atoms with Gasteiger partial charge < -0.3 is 24.7 Å². The van der Waals surface area contributed by atoms with Crippen LogP contribution in [0, 0.1) is 6.92 Å². The normalized spacial score (nSPS) is 11.1. The molecule has 26 heavy (non-hydrogen) atoms. The Morgan fingerprint density at radius 1 is 0.885 bits per heavy atom. The molecule has 2 rings (SSSR count).